The molecule has 0 amide bonds. The molecule has 0 radical (unpaired) electrons. The fraction of sp³-hybridized carbons (Fsp3) is 0.300. The minimum absolute atomic E-state index is 0.675. The molecular weight excluding hydrogens is 314 g/mol. The predicted molar refractivity (Wildman–Crippen MR) is 99.1 cm³/mol. The Bertz CT molecular complexity index is 940. The second-order valence-corrected chi connectivity index (χ2v) is 6.31. The van der Waals surface area contributed by atoms with Crippen LogP contribution in [0.5, 0.6) is 11.5 Å². The van der Waals surface area contributed by atoms with Gasteiger partial charge in [-0.05, 0) is 37.5 Å². The molecule has 0 atom stereocenters. The highest BCUT2D eigenvalue weighted by Crippen LogP contribution is 2.39. The summed E-state index contributed by atoms with van der Waals surface area (Å²) in [4.78, 5) is 11.3. The predicted octanol–water partition coefficient (Wildman–Crippen LogP) is 4.04. The van der Waals surface area contributed by atoms with Crippen LogP contribution in [0.4, 0.5) is 11.5 Å². The number of fused-ring (bicyclic) bond motifs is 2. The Balaban J connectivity index is 1.91. The summed E-state index contributed by atoms with van der Waals surface area (Å²) in [6.45, 7) is 3.08. The third kappa shape index (κ3) is 2.65. The smallest absolute Gasteiger partial charge is 0.162 e. The first-order chi connectivity index (χ1) is 12.2. The first-order valence-corrected chi connectivity index (χ1v) is 8.45. The maximum Gasteiger partial charge on any atom is 0.162 e. The number of aryl methyl sites for hydroxylation is 2. The van der Waals surface area contributed by atoms with Gasteiger partial charge >= 0.3 is 0 Å². The molecule has 128 valence electrons. The summed E-state index contributed by atoms with van der Waals surface area (Å²) in [7, 11) is 3.28. The van der Waals surface area contributed by atoms with Crippen LogP contribution >= 0.6 is 0 Å². The van der Waals surface area contributed by atoms with E-state index in [1.807, 2.05) is 12.1 Å². The van der Waals surface area contributed by atoms with Gasteiger partial charge in [-0.3, -0.25) is 0 Å². The Labute approximate surface area is 147 Å². The Morgan fingerprint density at radius 1 is 1.00 bits per heavy atom. The SMILES string of the molecule is COc1cc2ncnc(N3CCCc4cc(C)ccc43)c2cc1OC. The number of ether oxygens (including phenoxy) is 2. The number of anilines is 2. The summed E-state index contributed by atoms with van der Waals surface area (Å²) in [6, 6.07) is 10.5. The molecule has 5 heteroatoms. The molecule has 0 bridgehead atoms. The van der Waals surface area contributed by atoms with Crippen LogP contribution < -0.4 is 14.4 Å². The van der Waals surface area contributed by atoms with Crippen molar-refractivity contribution in [1.29, 1.82) is 0 Å². The average molecular weight is 335 g/mol. The molecule has 4 rings (SSSR count). The van der Waals surface area contributed by atoms with E-state index < -0.39 is 0 Å². The van der Waals surface area contributed by atoms with Crippen LogP contribution in [0.3, 0.4) is 0 Å². The zero-order valence-electron chi connectivity index (χ0n) is 14.7. The van der Waals surface area contributed by atoms with Gasteiger partial charge in [0.2, 0.25) is 0 Å². The highest BCUT2D eigenvalue weighted by Gasteiger charge is 2.22. The van der Waals surface area contributed by atoms with Crippen LogP contribution in [0.1, 0.15) is 17.5 Å². The van der Waals surface area contributed by atoms with Crippen LogP contribution in [0.25, 0.3) is 10.9 Å². The number of rotatable bonds is 3. The number of aromatic nitrogens is 2. The molecule has 5 nitrogen and oxygen atoms in total. The largest absolute Gasteiger partial charge is 0.493 e. The fourth-order valence-electron chi connectivity index (χ4n) is 3.53. The lowest BCUT2D eigenvalue weighted by Gasteiger charge is -2.31. The van der Waals surface area contributed by atoms with Gasteiger partial charge in [-0.2, -0.15) is 0 Å². The molecule has 0 N–H and O–H groups in total. The summed E-state index contributed by atoms with van der Waals surface area (Å²) >= 11 is 0. The molecule has 0 unspecified atom stereocenters. The van der Waals surface area contributed by atoms with Gasteiger partial charge in [0.15, 0.2) is 11.5 Å². The highest BCUT2D eigenvalue weighted by atomic mass is 16.5. The van der Waals surface area contributed by atoms with Gasteiger partial charge in [0.25, 0.3) is 0 Å². The van der Waals surface area contributed by atoms with Crippen molar-refractivity contribution in [2.24, 2.45) is 0 Å². The van der Waals surface area contributed by atoms with E-state index in [-0.39, 0.29) is 0 Å². The van der Waals surface area contributed by atoms with Gasteiger partial charge in [-0.15, -0.1) is 0 Å². The summed E-state index contributed by atoms with van der Waals surface area (Å²) in [5, 5.41) is 0.966. The van der Waals surface area contributed by atoms with Crippen molar-refractivity contribution in [1.82, 2.24) is 9.97 Å². The molecular formula is C20H21N3O2. The molecule has 0 aliphatic carbocycles. The zero-order valence-corrected chi connectivity index (χ0v) is 14.7. The molecule has 1 aromatic heterocycles. The maximum atomic E-state index is 5.47. The van der Waals surface area contributed by atoms with Crippen molar-refractivity contribution in [2.75, 3.05) is 25.7 Å². The highest BCUT2D eigenvalue weighted by molar-refractivity contribution is 5.94. The van der Waals surface area contributed by atoms with E-state index in [1.54, 1.807) is 20.5 Å². The van der Waals surface area contributed by atoms with Crippen molar-refractivity contribution in [2.45, 2.75) is 19.8 Å². The second-order valence-electron chi connectivity index (χ2n) is 6.31. The Morgan fingerprint density at radius 3 is 2.60 bits per heavy atom. The molecule has 1 aliphatic rings. The van der Waals surface area contributed by atoms with Gasteiger partial charge in [-0.1, -0.05) is 17.7 Å². The van der Waals surface area contributed by atoms with E-state index in [4.69, 9.17) is 9.47 Å². The van der Waals surface area contributed by atoms with Crippen LogP contribution in [0.15, 0.2) is 36.7 Å². The van der Waals surface area contributed by atoms with E-state index in [0.717, 1.165) is 36.1 Å². The molecule has 1 aliphatic heterocycles. The number of hydrogen-bond acceptors (Lipinski definition) is 5. The lowest BCUT2D eigenvalue weighted by Crippen LogP contribution is -2.25. The van der Waals surface area contributed by atoms with Gasteiger partial charge < -0.3 is 14.4 Å². The van der Waals surface area contributed by atoms with Crippen LogP contribution in [0.2, 0.25) is 0 Å². The first kappa shape index (κ1) is 15.7. The fourth-order valence-corrected chi connectivity index (χ4v) is 3.53. The maximum absolute atomic E-state index is 5.47. The third-order valence-corrected chi connectivity index (χ3v) is 4.73. The van der Waals surface area contributed by atoms with Crippen molar-refractivity contribution < 1.29 is 9.47 Å². The number of benzene rings is 2. The standard InChI is InChI=1S/C20H21N3O2/c1-13-6-7-17-14(9-13)5-4-8-23(17)20-15-10-18(24-2)19(25-3)11-16(15)21-12-22-20/h6-7,9-12H,4-5,8H2,1-3H3. The normalized spacial score (nSPS) is 13.6. The van der Waals surface area contributed by atoms with Crippen LogP contribution in [-0.4, -0.2) is 30.7 Å². The summed E-state index contributed by atoms with van der Waals surface area (Å²) in [6.07, 6.45) is 3.83. The topological polar surface area (TPSA) is 47.5 Å². The summed E-state index contributed by atoms with van der Waals surface area (Å²) in [5.74, 6) is 2.28. The molecule has 0 fully saturated rings. The second kappa shape index (κ2) is 6.24. The van der Waals surface area contributed by atoms with Crippen LogP contribution in [-0.2, 0) is 6.42 Å². The van der Waals surface area contributed by atoms with Gasteiger partial charge in [0.1, 0.15) is 12.1 Å². The number of nitrogens with zero attached hydrogens (tertiary/aromatic N) is 3. The van der Waals surface area contributed by atoms with E-state index in [1.165, 1.54) is 16.8 Å². The Kier molecular flexibility index (Phi) is 3.92. The van der Waals surface area contributed by atoms with E-state index in [9.17, 15) is 0 Å². The Hall–Kier alpha value is -2.82. The average Bonchev–Trinajstić information content (AvgIpc) is 2.65. The zero-order chi connectivity index (χ0) is 17.4. The molecule has 25 heavy (non-hydrogen) atoms. The minimum Gasteiger partial charge on any atom is -0.493 e. The monoisotopic (exact) mass is 335 g/mol. The lowest BCUT2D eigenvalue weighted by molar-refractivity contribution is 0.356. The van der Waals surface area contributed by atoms with Crippen molar-refractivity contribution >= 4 is 22.4 Å². The van der Waals surface area contributed by atoms with Crippen molar-refractivity contribution in [3.8, 4) is 11.5 Å². The van der Waals surface area contributed by atoms with Gasteiger partial charge in [-0.25, -0.2) is 9.97 Å². The van der Waals surface area contributed by atoms with Crippen LogP contribution in [0, 0.1) is 6.92 Å². The molecule has 3 aromatic rings. The summed E-state index contributed by atoms with van der Waals surface area (Å²) < 4.78 is 10.9. The van der Waals surface area contributed by atoms with Crippen molar-refractivity contribution in [3.05, 3.63) is 47.8 Å². The molecule has 0 spiro atoms. The quantitative estimate of drug-likeness (QED) is 0.723. The first-order valence-electron chi connectivity index (χ1n) is 8.45. The molecule has 0 saturated carbocycles. The Morgan fingerprint density at radius 2 is 1.80 bits per heavy atom. The molecule has 2 heterocycles. The molecule has 2 aromatic carbocycles. The van der Waals surface area contributed by atoms with Gasteiger partial charge in [0.05, 0.1) is 19.7 Å². The van der Waals surface area contributed by atoms with E-state index in [0.29, 0.717) is 11.5 Å². The minimum atomic E-state index is 0.675. The van der Waals surface area contributed by atoms with Crippen molar-refractivity contribution in [3.63, 3.8) is 0 Å². The van der Waals surface area contributed by atoms with Gasteiger partial charge in [0, 0.05) is 23.7 Å². The number of hydrogen-bond donors (Lipinski definition) is 0. The lowest BCUT2D eigenvalue weighted by atomic mass is 9.99. The number of methoxy groups -OCH3 is 2. The van der Waals surface area contributed by atoms with E-state index in [2.05, 4.69) is 40.0 Å². The van der Waals surface area contributed by atoms with E-state index >= 15 is 0 Å². The third-order valence-electron chi connectivity index (χ3n) is 4.73. The summed E-state index contributed by atoms with van der Waals surface area (Å²) in [5.41, 5.74) is 4.74. The molecule has 0 saturated heterocycles.